The van der Waals surface area contributed by atoms with E-state index in [2.05, 4.69) is 21.2 Å². The lowest BCUT2D eigenvalue weighted by Gasteiger charge is -2.18. The van der Waals surface area contributed by atoms with Gasteiger partial charge in [0.25, 0.3) is 5.91 Å². The predicted molar refractivity (Wildman–Crippen MR) is 125 cm³/mol. The molecule has 1 N–H and O–H groups in total. The lowest BCUT2D eigenvalue weighted by molar-refractivity contribution is -0.125. The first-order valence-corrected chi connectivity index (χ1v) is 10.6. The van der Waals surface area contributed by atoms with Gasteiger partial charge in [0.2, 0.25) is 11.9 Å². The number of carbonyl (C=O) groups is 2. The molecular weight excluding hydrogens is 474 g/mol. The minimum Gasteiger partial charge on any atom is -0.497 e. The van der Waals surface area contributed by atoms with Gasteiger partial charge in [-0.2, -0.15) is 0 Å². The molecule has 1 aromatic heterocycles. The maximum Gasteiger partial charge on any atom is 0.375 e. The minimum atomic E-state index is -1.17. The molecule has 3 aromatic carbocycles. The molecule has 0 unspecified atom stereocenters. The Morgan fingerprint density at radius 2 is 1.78 bits per heavy atom. The molecule has 0 saturated heterocycles. The molecule has 0 aliphatic carbocycles. The highest BCUT2D eigenvalue weighted by Crippen LogP contribution is 2.30. The van der Waals surface area contributed by atoms with E-state index in [4.69, 9.17) is 13.9 Å². The van der Waals surface area contributed by atoms with Crippen LogP contribution in [0.2, 0.25) is 0 Å². The Kier molecular flexibility index (Phi) is 6.28. The second kappa shape index (κ2) is 9.28. The third-order valence-electron chi connectivity index (χ3n) is 4.99. The SMILES string of the molecule is COc1cccc(NC(=O)[C@@H](OC(=O)c2oc3ccc(Br)cc3c2C)c2ccccc2)c1. The molecule has 0 aliphatic rings. The van der Waals surface area contributed by atoms with Crippen molar-refractivity contribution in [1.29, 1.82) is 0 Å². The molecule has 0 spiro atoms. The van der Waals surface area contributed by atoms with Crippen LogP contribution in [0.25, 0.3) is 11.0 Å². The fourth-order valence-electron chi connectivity index (χ4n) is 3.36. The summed E-state index contributed by atoms with van der Waals surface area (Å²) in [6.07, 6.45) is -1.17. The summed E-state index contributed by atoms with van der Waals surface area (Å²) in [5.74, 6) is -0.549. The van der Waals surface area contributed by atoms with Gasteiger partial charge in [-0.3, -0.25) is 4.79 Å². The summed E-state index contributed by atoms with van der Waals surface area (Å²) >= 11 is 3.42. The zero-order chi connectivity index (χ0) is 22.7. The number of rotatable bonds is 6. The number of amides is 1. The van der Waals surface area contributed by atoms with Crippen molar-refractivity contribution in [2.75, 3.05) is 12.4 Å². The van der Waals surface area contributed by atoms with Crippen LogP contribution in [0.3, 0.4) is 0 Å². The molecule has 4 rings (SSSR count). The molecule has 0 aliphatic heterocycles. The number of carbonyl (C=O) groups excluding carboxylic acids is 2. The summed E-state index contributed by atoms with van der Waals surface area (Å²) in [6, 6.07) is 21.2. The van der Waals surface area contributed by atoms with Crippen LogP contribution >= 0.6 is 15.9 Å². The molecule has 0 radical (unpaired) electrons. The Bertz CT molecular complexity index is 1280. The molecule has 1 atom stereocenters. The average Bonchev–Trinajstić information content (AvgIpc) is 3.13. The fourth-order valence-corrected chi connectivity index (χ4v) is 3.72. The Morgan fingerprint density at radius 1 is 1.00 bits per heavy atom. The van der Waals surface area contributed by atoms with Gasteiger partial charge < -0.3 is 19.2 Å². The minimum absolute atomic E-state index is 0.0632. The standard InChI is InChI=1S/C25H20BrNO5/c1-15-20-13-17(26)11-12-21(20)31-22(15)25(29)32-23(16-7-4-3-5-8-16)24(28)27-18-9-6-10-19(14-18)30-2/h3-14,23H,1-2H3,(H,27,28)/t23-/m0/s1. The van der Waals surface area contributed by atoms with E-state index >= 15 is 0 Å². The van der Waals surface area contributed by atoms with E-state index in [-0.39, 0.29) is 5.76 Å². The average molecular weight is 494 g/mol. The summed E-state index contributed by atoms with van der Waals surface area (Å²) < 4.78 is 17.5. The number of hydrogen-bond donors (Lipinski definition) is 1. The number of halogens is 1. The normalized spacial score (nSPS) is 11.7. The van der Waals surface area contributed by atoms with Gasteiger partial charge in [-0.25, -0.2) is 4.79 Å². The number of hydrogen-bond acceptors (Lipinski definition) is 5. The van der Waals surface area contributed by atoms with Crippen LogP contribution in [-0.2, 0) is 9.53 Å². The number of aryl methyl sites for hydroxylation is 1. The topological polar surface area (TPSA) is 77.8 Å². The monoisotopic (exact) mass is 493 g/mol. The first-order chi connectivity index (χ1) is 15.5. The first kappa shape index (κ1) is 21.6. The van der Waals surface area contributed by atoms with Crippen molar-refractivity contribution in [3.63, 3.8) is 0 Å². The van der Waals surface area contributed by atoms with E-state index in [1.807, 2.05) is 18.2 Å². The van der Waals surface area contributed by atoms with Crippen LogP contribution in [0, 0.1) is 6.92 Å². The van der Waals surface area contributed by atoms with E-state index in [9.17, 15) is 9.59 Å². The van der Waals surface area contributed by atoms with Crippen LogP contribution in [0.15, 0.2) is 81.7 Å². The Morgan fingerprint density at radius 3 is 2.53 bits per heavy atom. The zero-order valence-electron chi connectivity index (χ0n) is 17.4. The highest BCUT2D eigenvalue weighted by molar-refractivity contribution is 9.10. The van der Waals surface area contributed by atoms with Gasteiger partial charge in [0, 0.05) is 32.7 Å². The molecule has 7 heteroatoms. The lowest BCUT2D eigenvalue weighted by atomic mass is 10.1. The maximum atomic E-state index is 13.1. The summed E-state index contributed by atoms with van der Waals surface area (Å²) in [4.78, 5) is 26.1. The fraction of sp³-hybridized carbons (Fsp3) is 0.120. The van der Waals surface area contributed by atoms with E-state index in [0.717, 1.165) is 9.86 Å². The van der Waals surface area contributed by atoms with Crippen LogP contribution in [0.5, 0.6) is 5.75 Å². The van der Waals surface area contributed by atoms with Gasteiger partial charge >= 0.3 is 5.97 Å². The number of benzene rings is 3. The van der Waals surface area contributed by atoms with E-state index in [0.29, 0.717) is 28.1 Å². The smallest absolute Gasteiger partial charge is 0.375 e. The van der Waals surface area contributed by atoms with Crippen molar-refractivity contribution >= 4 is 44.5 Å². The van der Waals surface area contributed by atoms with Gasteiger partial charge in [0.15, 0.2) is 0 Å². The van der Waals surface area contributed by atoms with Gasteiger partial charge in [-0.15, -0.1) is 0 Å². The number of anilines is 1. The predicted octanol–water partition coefficient (Wildman–Crippen LogP) is 6.05. The van der Waals surface area contributed by atoms with Gasteiger partial charge in [-0.1, -0.05) is 52.3 Å². The van der Waals surface area contributed by atoms with Gasteiger partial charge in [0.1, 0.15) is 11.3 Å². The lowest BCUT2D eigenvalue weighted by Crippen LogP contribution is -2.26. The van der Waals surface area contributed by atoms with Crippen molar-refractivity contribution in [2.45, 2.75) is 13.0 Å². The van der Waals surface area contributed by atoms with Crippen LogP contribution in [0.1, 0.15) is 27.8 Å². The molecule has 162 valence electrons. The van der Waals surface area contributed by atoms with Crippen molar-refractivity contribution in [3.05, 3.63) is 94.2 Å². The van der Waals surface area contributed by atoms with Crippen molar-refractivity contribution < 1.29 is 23.5 Å². The quantitative estimate of drug-likeness (QED) is 0.330. The molecule has 32 heavy (non-hydrogen) atoms. The van der Waals surface area contributed by atoms with E-state index in [1.54, 1.807) is 68.6 Å². The molecule has 1 heterocycles. The second-order valence-electron chi connectivity index (χ2n) is 7.11. The number of methoxy groups -OCH3 is 1. The molecule has 0 saturated carbocycles. The summed E-state index contributed by atoms with van der Waals surface area (Å²) in [6.45, 7) is 1.78. The van der Waals surface area contributed by atoms with Crippen LogP contribution < -0.4 is 10.1 Å². The third kappa shape index (κ3) is 4.53. The van der Waals surface area contributed by atoms with Crippen molar-refractivity contribution in [1.82, 2.24) is 0 Å². The largest absolute Gasteiger partial charge is 0.497 e. The number of furan rings is 1. The zero-order valence-corrected chi connectivity index (χ0v) is 19.0. The number of fused-ring (bicyclic) bond motifs is 1. The first-order valence-electron chi connectivity index (χ1n) is 9.86. The third-order valence-corrected chi connectivity index (χ3v) is 5.48. The maximum absolute atomic E-state index is 13.1. The summed E-state index contributed by atoms with van der Waals surface area (Å²) in [5, 5.41) is 3.58. The van der Waals surface area contributed by atoms with Gasteiger partial charge in [-0.05, 0) is 37.3 Å². The van der Waals surface area contributed by atoms with Crippen molar-refractivity contribution in [3.8, 4) is 5.75 Å². The molecule has 6 nitrogen and oxygen atoms in total. The van der Waals surface area contributed by atoms with E-state index in [1.165, 1.54) is 0 Å². The molecule has 1 amide bonds. The van der Waals surface area contributed by atoms with Crippen molar-refractivity contribution in [2.24, 2.45) is 0 Å². The Hall–Kier alpha value is -3.58. The highest BCUT2D eigenvalue weighted by Gasteiger charge is 2.29. The second-order valence-corrected chi connectivity index (χ2v) is 8.03. The molecule has 0 fully saturated rings. The molecular formula is C25H20BrNO5. The molecule has 4 aromatic rings. The van der Waals surface area contributed by atoms with Gasteiger partial charge in [0.05, 0.1) is 7.11 Å². The molecule has 0 bridgehead atoms. The Balaban J connectivity index is 1.63. The van der Waals surface area contributed by atoms with E-state index < -0.39 is 18.0 Å². The summed E-state index contributed by atoms with van der Waals surface area (Å²) in [5.41, 5.74) is 2.27. The Labute approximate surface area is 193 Å². The van der Waals surface area contributed by atoms with Crippen LogP contribution in [-0.4, -0.2) is 19.0 Å². The number of nitrogens with one attached hydrogen (secondary N) is 1. The highest BCUT2D eigenvalue weighted by atomic mass is 79.9. The number of esters is 1. The van der Waals surface area contributed by atoms with Crippen LogP contribution in [0.4, 0.5) is 5.69 Å². The summed E-state index contributed by atoms with van der Waals surface area (Å²) in [7, 11) is 1.55. The number of ether oxygens (including phenoxy) is 2.